The van der Waals surface area contributed by atoms with E-state index in [9.17, 15) is 22.4 Å². The van der Waals surface area contributed by atoms with Gasteiger partial charge in [0, 0.05) is 45.1 Å². The van der Waals surface area contributed by atoms with Crippen molar-refractivity contribution in [1.29, 1.82) is 5.26 Å². The van der Waals surface area contributed by atoms with Gasteiger partial charge in [-0.3, -0.25) is 9.69 Å². The van der Waals surface area contributed by atoms with E-state index >= 15 is 0 Å². The van der Waals surface area contributed by atoms with Gasteiger partial charge in [0.05, 0.1) is 17.3 Å². The molecule has 0 bridgehead atoms. The number of halogens is 4. The topological polar surface area (TPSA) is 59.4 Å². The molecule has 5 nitrogen and oxygen atoms in total. The SMILES string of the molecule is N#CCCC(=O)N[C@H]1CC[C@H](CCN2CCN(c3cccc(C(F)(F)F)c3F)CC2)CC1. The van der Waals surface area contributed by atoms with Gasteiger partial charge in [0.15, 0.2) is 5.82 Å². The zero-order valence-corrected chi connectivity index (χ0v) is 18.1. The molecule has 0 atom stereocenters. The fraction of sp³-hybridized carbons (Fsp3) is 0.652. The number of carbonyl (C=O) groups is 1. The molecule has 176 valence electrons. The number of anilines is 1. The number of alkyl halides is 3. The van der Waals surface area contributed by atoms with Crippen LogP contribution in [0.25, 0.3) is 0 Å². The summed E-state index contributed by atoms with van der Waals surface area (Å²) >= 11 is 0. The van der Waals surface area contributed by atoms with Gasteiger partial charge < -0.3 is 10.2 Å². The Morgan fingerprint density at radius 1 is 1.12 bits per heavy atom. The highest BCUT2D eigenvalue weighted by atomic mass is 19.4. The summed E-state index contributed by atoms with van der Waals surface area (Å²) in [5, 5.41) is 11.6. The molecular formula is C23H30F4N4O. The third kappa shape index (κ3) is 6.58. The summed E-state index contributed by atoms with van der Waals surface area (Å²) in [5.74, 6) is -0.642. The molecule has 0 spiro atoms. The average Bonchev–Trinajstić information content (AvgIpc) is 2.77. The highest BCUT2D eigenvalue weighted by Gasteiger charge is 2.36. The Hall–Kier alpha value is -2.34. The van der Waals surface area contributed by atoms with Gasteiger partial charge >= 0.3 is 6.18 Å². The Morgan fingerprint density at radius 2 is 1.81 bits per heavy atom. The summed E-state index contributed by atoms with van der Waals surface area (Å²) in [7, 11) is 0. The zero-order valence-electron chi connectivity index (χ0n) is 18.1. The van der Waals surface area contributed by atoms with E-state index < -0.39 is 17.6 Å². The standard InChI is InChI=1S/C23H30F4N4O/c24-22-19(23(25,26)27)3-1-4-20(22)31-15-13-30(14-16-31)12-10-17-6-8-18(9-7-17)29-21(32)5-2-11-28/h1,3-4,17-18H,2,5-10,12-16H2,(H,29,32)/t17-,18-. The van der Waals surface area contributed by atoms with Crippen molar-refractivity contribution in [2.75, 3.05) is 37.6 Å². The highest BCUT2D eigenvalue weighted by Crippen LogP contribution is 2.35. The van der Waals surface area contributed by atoms with E-state index in [0.717, 1.165) is 44.7 Å². The Morgan fingerprint density at radius 3 is 2.44 bits per heavy atom. The van der Waals surface area contributed by atoms with Crippen molar-refractivity contribution < 1.29 is 22.4 Å². The molecule has 1 saturated carbocycles. The van der Waals surface area contributed by atoms with Gasteiger partial charge in [-0.25, -0.2) is 4.39 Å². The Bertz CT molecular complexity index is 807. The second-order valence-electron chi connectivity index (χ2n) is 8.70. The molecule has 1 aromatic rings. The molecule has 0 aromatic heterocycles. The molecule has 32 heavy (non-hydrogen) atoms. The summed E-state index contributed by atoms with van der Waals surface area (Å²) in [5.41, 5.74) is -1.19. The Labute approximate surface area is 186 Å². The van der Waals surface area contributed by atoms with Gasteiger partial charge in [0.2, 0.25) is 5.91 Å². The van der Waals surface area contributed by atoms with Gasteiger partial charge in [0.1, 0.15) is 0 Å². The van der Waals surface area contributed by atoms with Crippen LogP contribution in [-0.2, 0) is 11.0 Å². The van der Waals surface area contributed by atoms with Gasteiger partial charge in [-0.2, -0.15) is 18.4 Å². The summed E-state index contributed by atoms with van der Waals surface area (Å²) in [4.78, 5) is 15.7. The van der Waals surface area contributed by atoms with Crippen LogP contribution in [0.1, 0.15) is 50.5 Å². The molecule has 1 aromatic carbocycles. The number of benzene rings is 1. The van der Waals surface area contributed by atoms with Crippen LogP contribution in [0.2, 0.25) is 0 Å². The highest BCUT2D eigenvalue weighted by molar-refractivity contribution is 5.76. The van der Waals surface area contributed by atoms with E-state index in [4.69, 9.17) is 5.26 Å². The van der Waals surface area contributed by atoms with Crippen molar-refractivity contribution in [3.05, 3.63) is 29.6 Å². The van der Waals surface area contributed by atoms with Crippen LogP contribution in [0.5, 0.6) is 0 Å². The van der Waals surface area contributed by atoms with Gasteiger partial charge in [0.25, 0.3) is 0 Å². The zero-order chi connectivity index (χ0) is 23.1. The summed E-state index contributed by atoms with van der Waals surface area (Å²) < 4.78 is 53.3. The van der Waals surface area contributed by atoms with E-state index in [1.165, 1.54) is 12.1 Å². The second kappa shape index (κ2) is 11.0. The minimum atomic E-state index is -4.69. The molecule has 2 fully saturated rings. The first-order valence-electron chi connectivity index (χ1n) is 11.3. The molecule has 1 saturated heterocycles. The van der Waals surface area contributed by atoms with Gasteiger partial charge in [-0.15, -0.1) is 0 Å². The first kappa shape index (κ1) is 24.3. The van der Waals surface area contributed by atoms with Crippen LogP contribution in [0.3, 0.4) is 0 Å². The van der Waals surface area contributed by atoms with E-state index in [1.54, 1.807) is 4.90 Å². The lowest BCUT2D eigenvalue weighted by molar-refractivity contribution is -0.139. The minimum Gasteiger partial charge on any atom is -0.367 e. The largest absolute Gasteiger partial charge is 0.419 e. The Balaban J connectivity index is 1.39. The van der Waals surface area contributed by atoms with Crippen LogP contribution in [0.15, 0.2) is 18.2 Å². The quantitative estimate of drug-likeness (QED) is 0.623. The molecule has 1 amide bonds. The van der Waals surface area contributed by atoms with Crippen molar-refractivity contribution >= 4 is 11.6 Å². The lowest BCUT2D eigenvalue weighted by atomic mass is 9.84. The van der Waals surface area contributed by atoms with E-state index in [1.807, 2.05) is 6.07 Å². The van der Waals surface area contributed by atoms with Crippen LogP contribution in [0.4, 0.5) is 23.2 Å². The number of nitrogens with one attached hydrogen (secondary N) is 1. The monoisotopic (exact) mass is 454 g/mol. The maximum absolute atomic E-state index is 14.4. The first-order valence-corrected chi connectivity index (χ1v) is 11.3. The van der Waals surface area contributed by atoms with E-state index in [2.05, 4.69) is 10.2 Å². The van der Waals surface area contributed by atoms with Gasteiger partial charge in [-0.1, -0.05) is 6.07 Å². The lowest BCUT2D eigenvalue weighted by Gasteiger charge is -2.37. The third-order valence-corrected chi connectivity index (χ3v) is 6.53. The second-order valence-corrected chi connectivity index (χ2v) is 8.70. The predicted octanol–water partition coefficient (Wildman–Crippen LogP) is 4.34. The van der Waals surface area contributed by atoms with Crippen LogP contribution >= 0.6 is 0 Å². The molecule has 1 heterocycles. The molecule has 9 heteroatoms. The minimum absolute atomic E-state index is 0.0228. The van der Waals surface area contributed by atoms with Gasteiger partial charge in [-0.05, 0) is 56.7 Å². The third-order valence-electron chi connectivity index (χ3n) is 6.53. The molecular weight excluding hydrogens is 424 g/mol. The normalized spacial score (nSPS) is 22.4. The molecule has 1 aliphatic heterocycles. The molecule has 2 aliphatic rings. The number of rotatable bonds is 7. The average molecular weight is 455 g/mol. The van der Waals surface area contributed by atoms with E-state index in [0.29, 0.717) is 32.1 Å². The predicted molar refractivity (Wildman–Crippen MR) is 113 cm³/mol. The van der Waals surface area contributed by atoms with Crippen molar-refractivity contribution in [2.45, 2.75) is 57.2 Å². The van der Waals surface area contributed by atoms with Crippen LogP contribution < -0.4 is 10.2 Å². The molecule has 1 aliphatic carbocycles. The van der Waals surface area contributed by atoms with Crippen LogP contribution in [-0.4, -0.2) is 49.6 Å². The first-order chi connectivity index (χ1) is 15.3. The number of amides is 1. The maximum atomic E-state index is 14.4. The summed E-state index contributed by atoms with van der Waals surface area (Å²) in [6.45, 7) is 3.31. The van der Waals surface area contributed by atoms with Crippen molar-refractivity contribution in [3.63, 3.8) is 0 Å². The Kier molecular flexibility index (Phi) is 8.35. The number of hydrogen-bond acceptors (Lipinski definition) is 4. The number of carbonyl (C=O) groups excluding carboxylic acids is 1. The fourth-order valence-electron chi connectivity index (χ4n) is 4.63. The molecule has 0 unspecified atom stereocenters. The maximum Gasteiger partial charge on any atom is 0.419 e. The van der Waals surface area contributed by atoms with Crippen LogP contribution in [0, 0.1) is 23.1 Å². The van der Waals surface area contributed by atoms with Crippen molar-refractivity contribution in [3.8, 4) is 6.07 Å². The summed E-state index contributed by atoms with van der Waals surface area (Å²) in [6.07, 6.45) is 0.864. The number of piperazine rings is 1. The molecule has 0 radical (unpaired) electrons. The number of nitrogens with zero attached hydrogens (tertiary/aromatic N) is 3. The summed E-state index contributed by atoms with van der Waals surface area (Å²) in [6, 6.07) is 5.63. The van der Waals surface area contributed by atoms with Crippen molar-refractivity contribution in [2.24, 2.45) is 5.92 Å². The van der Waals surface area contributed by atoms with Crippen molar-refractivity contribution in [1.82, 2.24) is 10.2 Å². The number of nitriles is 1. The molecule has 1 N–H and O–H groups in total. The smallest absolute Gasteiger partial charge is 0.367 e. The van der Waals surface area contributed by atoms with E-state index in [-0.39, 0.29) is 30.5 Å². The lowest BCUT2D eigenvalue weighted by Crippen LogP contribution is -2.47. The fourth-order valence-corrected chi connectivity index (χ4v) is 4.63. The molecule has 3 rings (SSSR count). The number of hydrogen-bond donors (Lipinski definition) is 1.